The molecule has 0 atom stereocenters. The molecule has 2 rings (SSSR count). The van der Waals surface area contributed by atoms with Crippen LogP contribution in [0.3, 0.4) is 0 Å². The third-order valence-electron chi connectivity index (χ3n) is 3.06. The molecule has 1 aromatic carbocycles. The maximum absolute atomic E-state index is 13.7. The van der Waals surface area contributed by atoms with Gasteiger partial charge >= 0.3 is 0 Å². The van der Waals surface area contributed by atoms with Crippen molar-refractivity contribution < 1.29 is 19.1 Å². The fourth-order valence-corrected chi connectivity index (χ4v) is 2.07. The fourth-order valence-electron chi connectivity index (χ4n) is 2.07. The number of carbonyl (C=O) groups excluding carboxylic acids is 2. The number of nitrogens with zero attached hydrogens (tertiary/aromatic N) is 1. The van der Waals surface area contributed by atoms with Crippen LogP contribution < -0.4 is 5.32 Å². The Kier molecular flexibility index (Phi) is 4.90. The van der Waals surface area contributed by atoms with E-state index in [1.165, 1.54) is 17.0 Å². The molecule has 110 valence electrons. The number of aliphatic hydroxyl groups excluding tert-OH is 1. The zero-order chi connectivity index (χ0) is 15.2. The summed E-state index contributed by atoms with van der Waals surface area (Å²) in [5.41, 5.74) is 0.454. The summed E-state index contributed by atoms with van der Waals surface area (Å²) in [5, 5.41) is 11.1. The van der Waals surface area contributed by atoms with Gasteiger partial charge in [-0.2, -0.15) is 0 Å². The third-order valence-corrected chi connectivity index (χ3v) is 3.06. The van der Waals surface area contributed by atoms with Gasteiger partial charge in [-0.1, -0.05) is 11.8 Å². The SMILES string of the molecule is O=C(CN1CCCC1=O)Nc1ccc(C#CCO)c(F)c1. The highest BCUT2D eigenvalue weighted by Gasteiger charge is 2.22. The summed E-state index contributed by atoms with van der Waals surface area (Å²) in [7, 11) is 0. The summed E-state index contributed by atoms with van der Waals surface area (Å²) in [6, 6.07) is 4.11. The van der Waals surface area contributed by atoms with Gasteiger partial charge in [-0.15, -0.1) is 0 Å². The molecule has 5 nitrogen and oxygen atoms in total. The van der Waals surface area contributed by atoms with E-state index in [0.29, 0.717) is 18.7 Å². The Morgan fingerprint density at radius 2 is 2.29 bits per heavy atom. The van der Waals surface area contributed by atoms with E-state index in [0.717, 1.165) is 12.5 Å². The third kappa shape index (κ3) is 4.04. The van der Waals surface area contributed by atoms with Gasteiger partial charge < -0.3 is 15.3 Å². The van der Waals surface area contributed by atoms with Gasteiger partial charge in [-0.25, -0.2) is 4.39 Å². The van der Waals surface area contributed by atoms with E-state index < -0.39 is 5.82 Å². The van der Waals surface area contributed by atoms with Crippen molar-refractivity contribution in [1.29, 1.82) is 0 Å². The maximum atomic E-state index is 13.7. The molecule has 1 aromatic rings. The smallest absolute Gasteiger partial charge is 0.243 e. The predicted octanol–water partition coefficient (Wildman–Crippen LogP) is 0.730. The summed E-state index contributed by atoms with van der Waals surface area (Å²) >= 11 is 0. The Bertz CT molecular complexity index is 619. The highest BCUT2D eigenvalue weighted by molar-refractivity contribution is 5.94. The molecule has 0 unspecified atom stereocenters. The lowest BCUT2D eigenvalue weighted by Crippen LogP contribution is -2.33. The van der Waals surface area contributed by atoms with Gasteiger partial charge in [0.25, 0.3) is 0 Å². The zero-order valence-corrected chi connectivity index (χ0v) is 11.4. The average molecular weight is 290 g/mol. The van der Waals surface area contributed by atoms with E-state index >= 15 is 0 Å². The molecule has 0 spiro atoms. The summed E-state index contributed by atoms with van der Waals surface area (Å²) < 4.78 is 13.7. The molecule has 0 aliphatic carbocycles. The number of rotatable bonds is 3. The van der Waals surface area contributed by atoms with Crippen molar-refractivity contribution in [2.24, 2.45) is 0 Å². The van der Waals surface area contributed by atoms with E-state index in [2.05, 4.69) is 17.2 Å². The van der Waals surface area contributed by atoms with Crippen LogP contribution in [0.5, 0.6) is 0 Å². The summed E-state index contributed by atoms with van der Waals surface area (Å²) in [5.74, 6) is 3.84. The van der Waals surface area contributed by atoms with Crippen molar-refractivity contribution in [1.82, 2.24) is 4.90 Å². The van der Waals surface area contributed by atoms with Gasteiger partial charge in [0, 0.05) is 18.7 Å². The number of nitrogens with one attached hydrogen (secondary N) is 1. The van der Waals surface area contributed by atoms with Crippen LogP contribution in [0, 0.1) is 17.7 Å². The summed E-state index contributed by atoms with van der Waals surface area (Å²) in [6.45, 7) is 0.213. The number of anilines is 1. The highest BCUT2D eigenvalue weighted by Crippen LogP contribution is 2.14. The minimum Gasteiger partial charge on any atom is -0.384 e. The number of likely N-dealkylation sites (tertiary alicyclic amines) is 1. The molecule has 0 bridgehead atoms. The Morgan fingerprint density at radius 3 is 2.90 bits per heavy atom. The first-order valence-corrected chi connectivity index (χ1v) is 6.57. The molecule has 6 heteroatoms. The Balaban J connectivity index is 1.98. The minimum atomic E-state index is -0.578. The Morgan fingerprint density at radius 1 is 1.48 bits per heavy atom. The fraction of sp³-hybridized carbons (Fsp3) is 0.333. The molecule has 1 fully saturated rings. The quantitative estimate of drug-likeness (QED) is 0.806. The number of hydrogen-bond acceptors (Lipinski definition) is 3. The van der Waals surface area contributed by atoms with Crippen molar-refractivity contribution in [3.63, 3.8) is 0 Å². The lowest BCUT2D eigenvalue weighted by Gasteiger charge is -2.15. The van der Waals surface area contributed by atoms with E-state index in [9.17, 15) is 14.0 Å². The van der Waals surface area contributed by atoms with Gasteiger partial charge in [0.1, 0.15) is 12.4 Å². The normalized spacial score (nSPS) is 13.8. The van der Waals surface area contributed by atoms with Crippen molar-refractivity contribution in [3.05, 3.63) is 29.6 Å². The molecule has 2 N–H and O–H groups in total. The minimum absolute atomic E-state index is 0.0213. The van der Waals surface area contributed by atoms with Crippen molar-refractivity contribution in [2.45, 2.75) is 12.8 Å². The molecule has 1 heterocycles. The van der Waals surface area contributed by atoms with E-state index in [4.69, 9.17) is 5.11 Å². The first-order chi connectivity index (χ1) is 10.1. The average Bonchev–Trinajstić information content (AvgIpc) is 2.83. The van der Waals surface area contributed by atoms with Gasteiger partial charge in [0.05, 0.1) is 12.1 Å². The number of carbonyl (C=O) groups is 2. The zero-order valence-electron chi connectivity index (χ0n) is 11.4. The van der Waals surface area contributed by atoms with Gasteiger partial charge in [0.2, 0.25) is 11.8 Å². The van der Waals surface area contributed by atoms with E-state index in [1.54, 1.807) is 0 Å². The van der Waals surface area contributed by atoms with Crippen molar-refractivity contribution in [3.8, 4) is 11.8 Å². The van der Waals surface area contributed by atoms with Crippen LogP contribution in [0.2, 0.25) is 0 Å². The van der Waals surface area contributed by atoms with Gasteiger partial charge in [0.15, 0.2) is 0 Å². The van der Waals surface area contributed by atoms with Crippen LogP contribution in [-0.2, 0) is 9.59 Å². The van der Waals surface area contributed by atoms with Gasteiger partial charge in [-0.3, -0.25) is 9.59 Å². The van der Waals surface area contributed by atoms with Crippen molar-refractivity contribution in [2.75, 3.05) is 25.0 Å². The van der Waals surface area contributed by atoms with E-state index in [-0.39, 0.29) is 30.5 Å². The second kappa shape index (κ2) is 6.86. The predicted molar refractivity (Wildman–Crippen MR) is 74.8 cm³/mol. The van der Waals surface area contributed by atoms with Crippen LogP contribution in [0.25, 0.3) is 0 Å². The lowest BCUT2D eigenvalue weighted by molar-refractivity contribution is -0.131. The Labute approximate surface area is 121 Å². The number of halogens is 1. The maximum Gasteiger partial charge on any atom is 0.243 e. The number of amides is 2. The molecule has 1 saturated heterocycles. The second-order valence-electron chi connectivity index (χ2n) is 4.62. The second-order valence-corrected chi connectivity index (χ2v) is 4.62. The van der Waals surface area contributed by atoms with Gasteiger partial charge in [-0.05, 0) is 24.6 Å². The Hall–Kier alpha value is -2.39. The molecule has 2 amide bonds. The van der Waals surface area contributed by atoms with Crippen LogP contribution in [-0.4, -0.2) is 41.5 Å². The topological polar surface area (TPSA) is 69.6 Å². The van der Waals surface area contributed by atoms with Crippen molar-refractivity contribution >= 4 is 17.5 Å². The molecule has 1 aliphatic heterocycles. The number of benzene rings is 1. The molecule has 1 aliphatic rings. The highest BCUT2D eigenvalue weighted by atomic mass is 19.1. The standard InChI is InChI=1S/C15H15FN2O3/c16-13-9-12(6-5-11(13)3-2-8-19)17-14(20)10-18-7-1-4-15(18)21/h5-6,9,19H,1,4,7-8,10H2,(H,17,20). The summed E-state index contributed by atoms with van der Waals surface area (Å²) in [6.07, 6.45) is 1.24. The summed E-state index contributed by atoms with van der Waals surface area (Å²) in [4.78, 5) is 24.7. The first-order valence-electron chi connectivity index (χ1n) is 6.57. The van der Waals surface area contributed by atoms with Crippen LogP contribution in [0.15, 0.2) is 18.2 Å². The van der Waals surface area contributed by atoms with Crippen LogP contribution in [0.4, 0.5) is 10.1 Å². The number of hydrogen-bond donors (Lipinski definition) is 2. The first kappa shape index (κ1) is 15.0. The molecule has 0 radical (unpaired) electrons. The molecule has 0 aromatic heterocycles. The van der Waals surface area contributed by atoms with Crippen LogP contribution in [0.1, 0.15) is 18.4 Å². The van der Waals surface area contributed by atoms with E-state index in [1.807, 2.05) is 0 Å². The monoisotopic (exact) mass is 290 g/mol. The molecule has 21 heavy (non-hydrogen) atoms. The van der Waals surface area contributed by atoms with Crippen LogP contribution >= 0.6 is 0 Å². The number of aliphatic hydroxyl groups is 1. The molecule has 0 saturated carbocycles. The molecular weight excluding hydrogens is 275 g/mol. The largest absolute Gasteiger partial charge is 0.384 e. The molecular formula is C15H15FN2O3. The lowest BCUT2D eigenvalue weighted by atomic mass is 10.2.